The summed E-state index contributed by atoms with van der Waals surface area (Å²) in [4.78, 5) is 35.5. The zero-order valence-electron chi connectivity index (χ0n) is 15.6. The zero-order valence-corrected chi connectivity index (χ0v) is 17.1. The number of hydrogen-bond acceptors (Lipinski definition) is 5. The number of benzene rings is 3. The van der Waals surface area contributed by atoms with Crippen LogP contribution in [0, 0.1) is 0 Å². The van der Waals surface area contributed by atoms with E-state index in [2.05, 4.69) is 15.9 Å². The highest BCUT2D eigenvalue weighted by atomic mass is 79.9. The Balaban J connectivity index is 1.66. The molecule has 0 aliphatic carbocycles. The molecule has 0 fully saturated rings. The van der Waals surface area contributed by atoms with Gasteiger partial charge in [0.1, 0.15) is 5.75 Å². The lowest BCUT2D eigenvalue weighted by atomic mass is 10.0. The first kappa shape index (κ1) is 20.5. The number of ketones is 1. The molecule has 29 heavy (non-hydrogen) atoms. The largest absolute Gasteiger partial charge is 0.454 e. The van der Waals surface area contributed by atoms with E-state index < -0.39 is 5.97 Å². The van der Waals surface area contributed by atoms with Gasteiger partial charge in [0.05, 0.1) is 5.56 Å². The van der Waals surface area contributed by atoms with Gasteiger partial charge in [0, 0.05) is 17.0 Å². The summed E-state index contributed by atoms with van der Waals surface area (Å²) in [6, 6.07) is 20.7. The van der Waals surface area contributed by atoms with E-state index in [1.54, 1.807) is 66.7 Å². The third kappa shape index (κ3) is 5.62. The summed E-state index contributed by atoms with van der Waals surface area (Å²) in [6.45, 7) is 1.01. The van der Waals surface area contributed by atoms with Gasteiger partial charge in [0.25, 0.3) is 0 Å². The number of halogens is 1. The van der Waals surface area contributed by atoms with Gasteiger partial charge in [-0.2, -0.15) is 0 Å². The standard InChI is InChI=1S/C23H17BrO5/c1-15(25)29-21-11-7-16(8-12-21)18-3-2-4-19(13-18)23(27)28-14-22(26)17-5-9-20(24)10-6-17/h2-13H,14H2,1H3. The Hall–Kier alpha value is -3.25. The van der Waals surface area contributed by atoms with Crippen molar-refractivity contribution in [1.29, 1.82) is 0 Å². The molecule has 0 saturated heterocycles. The number of Topliss-reactive ketones (excluding diaryl/α,β-unsaturated/α-hetero) is 1. The van der Waals surface area contributed by atoms with Crippen molar-refractivity contribution in [1.82, 2.24) is 0 Å². The van der Waals surface area contributed by atoms with Crippen LogP contribution in [0.4, 0.5) is 0 Å². The number of rotatable bonds is 6. The molecule has 3 aromatic rings. The first-order chi connectivity index (χ1) is 13.9. The molecule has 0 atom stereocenters. The van der Waals surface area contributed by atoms with Gasteiger partial charge in [-0.25, -0.2) is 4.79 Å². The molecule has 0 aliphatic heterocycles. The van der Waals surface area contributed by atoms with Crippen LogP contribution in [-0.2, 0) is 9.53 Å². The van der Waals surface area contributed by atoms with E-state index >= 15 is 0 Å². The molecule has 146 valence electrons. The van der Waals surface area contributed by atoms with E-state index in [0.29, 0.717) is 16.9 Å². The van der Waals surface area contributed by atoms with Crippen LogP contribution in [0.3, 0.4) is 0 Å². The van der Waals surface area contributed by atoms with Crippen molar-refractivity contribution in [3.05, 3.63) is 88.4 Å². The lowest BCUT2D eigenvalue weighted by Gasteiger charge is -2.08. The van der Waals surface area contributed by atoms with E-state index in [4.69, 9.17) is 9.47 Å². The van der Waals surface area contributed by atoms with Crippen LogP contribution in [0.25, 0.3) is 11.1 Å². The van der Waals surface area contributed by atoms with Crippen molar-refractivity contribution >= 4 is 33.7 Å². The van der Waals surface area contributed by atoms with E-state index in [-0.39, 0.29) is 18.4 Å². The third-order valence-electron chi connectivity index (χ3n) is 4.05. The molecule has 0 bridgehead atoms. The summed E-state index contributed by atoms with van der Waals surface area (Å²) in [6.07, 6.45) is 0. The summed E-state index contributed by atoms with van der Waals surface area (Å²) < 4.78 is 11.1. The number of carbonyl (C=O) groups is 3. The molecular formula is C23H17BrO5. The fourth-order valence-electron chi connectivity index (χ4n) is 2.64. The summed E-state index contributed by atoms with van der Waals surface area (Å²) >= 11 is 3.31. The van der Waals surface area contributed by atoms with Crippen molar-refractivity contribution in [2.24, 2.45) is 0 Å². The molecule has 0 amide bonds. The van der Waals surface area contributed by atoms with Crippen LogP contribution in [0.5, 0.6) is 5.75 Å². The van der Waals surface area contributed by atoms with Crippen molar-refractivity contribution in [3.63, 3.8) is 0 Å². The summed E-state index contributed by atoms with van der Waals surface area (Å²) in [5, 5.41) is 0. The molecule has 0 unspecified atom stereocenters. The molecule has 0 aliphatic rings. The highest BCUT2D eigenvalue weighted by Gasteiger charge is 2.13. The SMILES string of the molecule is CC(=O)Oc1ccc(-c2cccc(C(=O)OCC(=O)c3ccc(Br)cc3)c2)cc1. The van der Waals surface area contributed by atoms with Crippen LogP contribution >= 0.6 is 15.9 Å². The minimum absolute atomic E-state index is 0.275. The van der Waals surface area contributed by atoms with E-state index in [1.165, 1.54) is 6.92 Å². The van der Waals surface area contributed by atoms with Crippen molar-refractivity contribution in [2.75, 3.05) is 6.61 Å². The van der Waals surface area contributed by atoms with Crippen LogP contribution in [0.2, 0.25) is 0 Å². The van der Waals surface area contributed by atoms with Gasteiger partial charge < -0.3 is 9.47 Å². The molecule has 0 heterocycles. The molecule has 0 N–H and O–H groups in total. The molecule has 3 rings (SSSR count). The summed E-state index contributed by atoms with van der Waals surface area (Å²) in [5.74, 6) is -0.791. The van der Waals surface area contributed by atoms with Crippen LogP contribution in [0.1, 0.15) is 27.6 Å². The van der Waals surface area contributed by atoms with Gasteiger partial charge in [-0.1, -0.05) is 52.3 Å². The Morgan fingerprint density at radius 2 is 1.52 bits per heavy atom. The predicted molar refractivity (Wildman–Crippen MR) is 112 cm³/mol. The van der Waals surface area contributed by atoms with Crippen LogP contribution < -0.4 is 4.74 Å². The van der Waals surface area contributed by atoms with E-state index in [1.807, 2.05) is 6.07 Å². The minimum Gasteiger partial charge on any atom is -0.454 e. The second-order valence-electron chi connectivity index (χ2n) is 6.21. The Morgan fingerprint density at radius 3 is 2.17 bits per heavy atom. The predicted octanol–water partition coefficient (Wildman–Crippen LogP) is 5.08. The van der Waals surface area contributed by atoms with Gasteiger partial charge in [-0.15, -0.1) is 0 Å². The second-order valence-corrected chi connectivity index (χ2v) is 7.12. The maximum atomic E-state index is 12.4. The number of hydrogen-bond donors (Lipinski definition) is 0. The molecule has 6 heteroatoms. The Morgan fingerprint density at radius 1 is 0.828 bits per heavy atom. The second kappa shape index (κ2) is 9.30. The van der Waals surface area contributed by atoms with Gasteiger partial charge in [-0.3, -0.25) is 9.59 Å². The Labute approximate surface area is 176 Å². The Bertz CT molecular complexity index is 1040. The first-order valence-corrected chi connectivity index (χ1v) is 9.56. The first-order valence-electron chi connectivity index (χ1n) is 8.77. The van der Waals surface area contributed by atoms with Crippen molar-refractivity contribution in [2.45, 2.75) is 6.92 Å². The lowest BCUT2D eigenvalue weighted by molar-refractivity contribution is -0.131. The number of carbonyl (C=O) groups excluding carboxylic acids is 3. The van der Waals surface area contributed by atoms with Gasteiger partial charge in [0.2, 0.25) is 0 Å². The quantitative estimate of drug-likeness (QED) is 0.296. The topological polar surface area (TPSA) is 69.7 Å². The summed E-state index contributed by atoms with van der Waals surface area (Å²) in [7, 11) is 0. The molecule has 0 saturated carbocycles. The molecule has 5 nitrogen and oxygen atoms in total. The van der Waals surface area contributed by atoms with Gasteiger partial charge >= 0.3 is 11.9 Å². The van der Waals surface area contributed by atoms with Gasteiger partial charge in [-0.05, 0) is 47.5 Å². The van der Waals surface area contributed by atoms with Crippen molar-refractivity contribution < 1.29 is 23.9 Å². The molecule has 0 aromatic heterocycles. The highest BCUT2D eigenvalue weighted by Crippen LogP contribution is 2.24. The number of esters is 2. The molecule has 0 spiro atoms. The molecule has 3 aromatic carbocycles. The lowest BCUT2D eigenvalue weighted by Crippen LogP contribution is -2.14. The van der Waals surface area contributed by atoms with Crippen LogP contribution in [-0.4, -0.2) is 24.3 Å². The molecular weight excluding hydrogens is 436 g/mol. The average Bonchev–Trinajstić information content (AvgIpc) is 2.72. The van der Waals surface area contributed by atoms with Gasteiger partial charge in [0.15, 0.2) is 12.4 Å². The number of ether oxygens (including phenoxy) is 2. The zero-order chi connectivity index (χ0) is 20.8. The van der Waals surface area contributed by atoms with E-state index in [0.717, 1.165) is 15.6 Å². The maximum Gasteiger partial charge on any atom is 0.338 e. The molecule has 0 radical (unpaired) electrons. The highest BCUT2D eigenvalue weighted by molar-refractivity contribution is 9.10. The smallest absolute Gasteiger partial charge is 0.338 e. The summed E-state index contributed by atoms with van der Waals surface area (Å²) in [5.41, 5.74) is 2.47. The van der Waals surface area contributed by atoms with Crippen molar-refractivity contribution in [3.8, 4) is 16.9 Å². The monoisotopic (exact) mass is 452 g/mol. The Kier molecular flexibility index (Phi) is 6.57. The fraction of sp³-hybridized carbons (Fsp3) is 0.0870. The minimum atomic E-state index is -0.575. The van der Waals surface area contributed by atoms with E-state index in [9.17, 15) is 14.4 Å². The average molecular weight is 453 g/mol. The maximum absolute atomic E-state index is 12.4. The third-order valence-corrected chi connectivity index (χ3v) is 4.58. The fourth-order valence-corrected chi connectivity index (χ4v) is 2.90. The normalized spacial score (nSPS) is 10.3. The van der Waals surface area contributed by atoms with Crippen LogP contribution in [0.15, 0.2) is 77.3 Å².